The van der Waals surface area contributed by atoms with E-state index in [1.54, 1.807) is 0 Å². The summed E-state index contributed by atoms with van der Waals surface area (Å²) < 4.78 is 6.90. The summed E-state index contributed by atoms with van der Waals surface area (Å²) in [6.07, 6.45) is 0. The predicted octanol–water partition coefficient (Wildman–Crippen LogP) is 4.31. The normalized spacial score (nSPS) is 12.5. The van der Waals surface area contributed by atoms with E-state index in [4.69, 9.17) is 10.2 Å². The molecule has 0 saturated heterocycles. The highest BCUT2D eigenvalue weighted by Gasteiger charge is 2.14. The van der Waals surface area contributed by atoms with Crippen LogP contribution in [0.25, 0.3) is 11.0 Å². The van der Waals surface area contributed by atoms with E-state index in [0.717, 1.165) is 26.9 Å². The molecule has 0 spiro atoms. The Bertz CT molecular complexity index is 690. The van der Waals surface area contributed by atoms with Crippen molar-refractivity contribution in [2.75, 3.05) is 11.9 Å². The SMILES string of the molecule is NCC(Nc1cccc(Br)c1)c1cc2ccccc2o1. The van der Waals surface area contributed by atoms with Gasteiger partial charge in [-0.2, -0.15) is 0 Å². The van der Waals surface area contributed by atoms with Gasteiger partial charge < -0.3 is 15.5 Å². The van der Waals surface area contributed by atoms with Gasteiger partial charge in [-0.3, -0.25) is 0 Å². The molecule has 1 aromatic heterocycles. The van der Waals surface area contributed by atoms with Gasteiger partial charge in [0.1, 0.15) is 11.3 Å². The second-order valence-corrected chi connectivity index (χ2v) is 5.55. The van der Waals surface area contributed by atoms with Crippen molar-refractivity contribution < 1.29 is 4.42 Å². The number of benzene rings is 2. The fourth-order valence-electron chi connectivity index (χ4n) is 2.20. The standard InChI is InChI=1S/C16H15BrN2O/c17-12-5-3-6-13(9-12)19-14(10-18)16-8-11-4-1-2-7-15(11)20-16/h1-9,14,19H,10,18H2. The van der Waals surface area contributed by atoms with Crippen LogP contribution >= 0.6 is 15.9 Å². The lowest BCUT2D eigenvalue weighted by molar-refractivity contribution is 0.515. The Morgan fingerprint density at radius 3 is 2.70 bits per heavy atom. The van der Waals surface area contributed by atoms with Crippen LogP contribution in [-0.2, 0) is 0 Å². The summed E-state index contributed by atoms with van der Waals surface area (Å²) >= 11 is 3.46. The summed E-state index contributed by atoms with van der Waals surface area (Å²) in [4.78, 5) is 0. The molecule has 3 rings (SSSR count). The van der Waals surface area contributed by atoms with E-state index >= 15 is 0 Å². The van der Waals surface area contributed by atoms with Crippen molar-refractivity contribution >= 4 is 32.6 Å². The molecule has 1 unspecified atom stereocenters. The van der Waals surface area contributed by atoms with E-state index in [0.29, 0.717) is 6.54 Å². The van der Waals surface area contributed by atoms with Gasteiger partial charge in [0.2, 0.25) is 0 Å². The highest BCUT2D eigenvalue weighted by atomic mass is 79.9. The Kier molecular flexibility index (Phi) is 3.76. The molecule has 2 aromatic carbocycles. The van der Waals surface area contributed by atoms with Crippen molar-refractivity contribution in [1.29, 1.82) is 0 Å². The monoisotopic (exact) mass is 330 g/mol. The minimum absolute atomic E-state index is 0.0447. The number of hydrogen-bond acceptors (Lipinski definition) is 3. The summed E-state index contributed by atoms with van der Waals surface area (Å²) in [5.41, 5.74) is 7.77. The minimum Gasteiger partial charge on any atom is -0.459 e. The number of nitrogens with two attached hydrogens (primary N) is 1. The van der Waals surface area contributed by atoms with Gasteiger partial charge in [-0.05, 0) is 30.3 Å². The Labute approximate surface area is 125 Å². The number of rotatable bonds is 4. The first-order valence-electron chi connectivity index (χ1n) is 6.47. The zero-order valence-electron chi connectivity index (χ0n) is 10.8. The van der Waals surface area contributed by atoms with Crippen LogP contribution in [0.2, 0.25) is 0 Å². The third-order valence-electron chi connectivity index (χ3n) is 3.19. The Balaban J connectivity index is 1.89. The molecular formula is C16H15BrN2O. The van der Waals surface area contributed by atoms with E-state index < -0.39 is 0 Å². The number of nitrogens with one attached hydrogen (secondary N) is 1. The van der Waals surface area contributed by atoms with Gasteiger partial charge >= 0.3 is 0 Å². The maximum absolute atomic E-state index is 5.88. The largest absolute Gasteiger partial charge is 0.459 e. The first-order valence-corrected chi connectivity index (χ1v) is 7.26. The Hall–Kier alpha value is -1.78. The Morgan fingerprint density at radius 2 is 1.95 bits per heavy atom. The molecule has 1 heterocycles. The van der Waals surface area contributed by atoms with Crippen LogP contribution in [0, 0.1) is 0 Å². The molecule has 0 aliphatic heterocycles. The van der Waals surface area contributed by atoms with Crippen LogP contribution in [0.15, 0.2) is 63.5 Å². The van der Waals surface area contributed by atoms with E-state index in [1.165, 1.54) is 0 Å². The van der Waals surface area contributed by atoms with Crippen LogP contribution in [0.3, 0.4) is 0 Å². The lowest BCUT2D eigenvalue weighted by Crippen LogP contribution is -2.20. The molecule has 4 heteroatoms. The maximum atomic E-state index is 5.88. The molecule has 1 atom stereocenters. The average molecular weight is 331 g/mol. The topological polar surface area (TPSA) is 51.2 Å². The molecule has 0 saturated carbocycles. The number of hydrogen-bond donors (Lipinski definition) is 2. The van der Waals surface area contributed by atoms with Gasteiger partial charge in [0.05, 0.1) is 6.04 Å². The van der Waals surface area contributed by atoms with Crippen molar-refractivity contribution in [1.82, 2.24) is 0 Å². The smallest absolute Gasteiger partial charge is 0.134 e. The highest BCUT2D eigenvalue weighted by molar-refractivity contribution is 9.10. The predicted molar refractivity (Wildman–Crippen MR) is 85.8 cm³/mol. The summed E-state index contributed by atoms with van der Waals surface area (Å²) in [6, 6.07) is 18.0. The summed E-state index contributed by atoms with van der Waals surface area (Å²) in [5, 5.41) is 4.49. The van der Waals surface area contributed by atoms with Crippen molar-refractivity contribution in [2.24, 2.45) is 5.73 Å². The molecule has 0 fully saturated rings. The number of furan rings is 1. The molecule has 0 amide bonds. The summed E-state index contributed by atoms with van der Waals surface area (Å²) in [6.45, 7) is 0.465. The number of halogens is 1. The van der Waals surface area contributed by atoms with Crippen molar-refractivity contribution in [3.05, 3.63) is 64.8 Å². The van der Waals surface area contributed by atoms with Gasteiger partial charge in [-0.1, -0.05) is 40.2 Å². The molecule has 3 N–H and O–H groups in total. The maximum Gasteiger partial charge on any atom is 0.134 e. The summed E-state index contributed by atoms with van der Waals surface area (Å²) in [7, 11) is 0. The molecular weight excluding hydrogens is 316 g/mol. The van der Waals surface area contributed by atoms with Crippen molar-refractivity contribution in [3.8, 4) is 0 Å². The van der Waals surface area contributed by atoms with Crippen LogP contribution in [0.4, 0.5) is 5.69 Å². The van der Waals surface area contributed by atoms with Crippen LogP contribution in [0.1, 0.15) is 11.8 Å². The number of fused-ring (bicyclic) bond motifs is 1. The molecule has 102 valence electrons. The van der Waals surface area contributed by atoms with Crippen molar-refractivity contribution in [3.63, 3.8) is 0 Å². The second kappa shape index (κ2) is 5.69. The lowest BCUT2D eigenvalue weighted by Gasteiger charge is -2.15. The number of para-hydroxylation sites is 1. The fourth-order valence-corrected chi connectivity index (χ4v) is 2.60. The minimum atomic E-state index is -0.0447. The van der Waals surface area contributed by atoms with Gasteiger partial charge in [0.15, 0.2) is 0 Å². The van der Waals surface area contributed by atoms with Crippen molar-refractivity contribution in [2.45, 2.75) is 6.04 Å². The number of anilines is 1. The van der Waals surface area contributed by atoms with Crippen LogP contribution < -0.4 is 11.1 Å². The van der Waals surface area contributed by atoms with Gasteiger partial charge in [-0.25, -0.2) is 0 Å². The fraction of sp³-hybridized carbons (Fsp3) is 0.125. The Morgan fingerprint density at radius 1 is 1.10 bits per heavy atom. The molecule has 20 heavy (non-hydrogen) atoms. The zero-order chi connectivity index (χ0) is 13.9. The molecule has 0 radical (unpaired) electrons. The third-order valence-corrected chi connectivity index (χ3v) is 3.68. The second-order valence-electron chi connectivity index (χ2n) is 4.63. The highest BCUT2D eigenvalue weighted by Crippen LogP contribution is 2.26. The zero-order valence-corrected chi connectivity index (χ0v) is 12.4. The molecule has 0 bridgehead atoms. The summed E-state index contributed by atoms with van der Waals surface area (Å²) in [5.74, 6) is 0.855. The first-order chi connectivity index (χ1) is 9.76. The van der Waals surface area contributed by atoms with E-state index in [1.807, 2.05) is 54.6 Å². The molecule has 0 aliphatic carbocycles. The van der Waals surface area contributed by atoms with E-state index in [9.17, 15) is 0 Å². The van der Waals surface area contributed by atoms with Crippen LogP contribution in [-0.4, -0.2) is 6.54 Å². The quantitative estimate of drug-likeness (QED) is 0.749. The average Bonchev–Trinajstić information content (AvgIpc) is 2.88. The van der Waals surface area contributed by atoms with Crippen LogP contribution in [0.5, 0.6) is 0 Å². The molecule has 3 aromatic rings. The lowest BCUT2D eigenvalue weighted by atomic mass is 10.2. The first kappa shape index (κ1) is 13.2. The van der Waals surface area contributed by atoms with Gasteiger partial charge in [-0.15, -0.1) is 0 Å². The van der Waals surface area contributed by atoms with E-state index in [2.05, 4.69) is 21.2 Å². The van der Waals surface area contributed by atoms with E-state index in [-0.39, 0.29) is 6.04 Å². The molecule has 3 nitrogen and oxygen atoms in total. The third kappa shape index (κ3) is 2.71. The van der Waals surface area contributed by atoms with Gasteiger partial charge in [0, 0.05) is 22.1 Å². The van der Waals surface area contributed by atoms with Gasteiger partial charge in [0.25, 0.3) is 0 Å². The molecule has 0 aliphatic rings.